The molecule has 0 spiro atoms. The highest BCUT2D eigenvalue weighted by atomic mass is 16.5. The Morgan fingerprint density at radius 1 is 1.00 bits per heavy atom. The van der Waals surface area contributed by atoms with Crippen LogP contribution < -0.4 is 4.74 Å². The molecule has 0 fully saturated rings. The SMILES string of the molecule is CCCCC(CC)C(=O)Oc1cccc(-c2ccccc2)c1. The molecule has 0 aliphatic rings. The molecule has 0 bridgehead atoms. The third kappa shape index (κ3) is 4.45. The molecule has 0 heterocycles. The van der Waals surface area contributed by atoms with E-state index in [9.17, 15) is 4.79 Å². The smallest absolute Gasteiger partial charge is 0.314 e. The lowest BCUT2D eigenvalue weighted by atomic mass is 10.00. The minimum atomic E-state index is -0.110. The first-order valence-electron chi connectivity index (χ1n) is 8.11. The van der Waals surface area contributed by atoms with Gasteiger partial charge in [-0.25, -0.2) is 0 Å². The summed E-state index contributed by atoms with van der Waals surface area (Å²) in [7, 11) is 0. The third-order valence-electron chi connectivity index (χ3n) is 3.89. The molecule has 2 nitrogen and oxygen atoms in total. The number of hydrogen-bond acceptors (Lipinski definition) is 2. The predicted molar refractivity (Wildman–Crippen MR) is 90.8 cm³/mol. The van der Waals surface area contributed by atoms with Crippen molar-refractivity contribution in [1.29, 1.82) is 0 Å². The average Bonchev–Trinajstić information content (AvgIpc) is 2.56. The summed E-state index contributed by atoms with van der Waals surface area (Å²) >= 11 is 0. The van der Waals surface area contributed by atoms with Crippen LogP contribution in [0.1, 0.15) is 39.5 Å². The van der Waals surface area contributed by atoms with Crippen LogP contribution in [0.4, 0.5) is 0 Å². The van der Waals surface area contributed by atoms with Crippen LogP contribution in [0.15, 0.2) is 54.6 Å². The molecule has 22 heavy (non-hydrogen) atoms. The van der Waals surface area contributed by atoms with Gasteiger partial charge in [0.25, 0.3) is 0 Å². The first-order chi connectivity index (χ1) is 10.7. The van der Waals surface area contributed by atoms with E-state index in [-0.39, 0.29) is 11.9 Å². The Bertz CT molecular complexity index is 590. The lowest BCUT2D eigenvalue weighted by Crippen LogP contribution is -2.20. The normalized spacial score (nSPS) is 11.9. The Labute approximate surface area is 133 Å². The molecule has 2 aromatic rings. The zero-order valence-corrected chi connectivity index (χ0v) is 13.4. The van der Waals surface area contributed by atoms with Crippen LogP contribution >= 0.6 is 0 Å². The van der Waals surface area contributed by atoms with Gasteiger partial charge in [0.1, 0.15) is 5.75 Å². The standard InChI is InChI=1S/C20H24O2/c1-3-5-10-16(4-2)20(21)22-19-14-9-13-18(15-19)17-11-7-6-8-12-17/h6-9,11-16H,3-5,10H2,1-2H3. The van der Waals surface area contributed by atoms with Crippen molar-refractivity contribution in [2.45, 2.75) is 39.5 Å². The Morgan fingerprint density at radius 3 is 2.41 bits per heavy atom. The Kier molecular flexibility index (Phi) is 6.20. The molecule has 0 aliphatic heterocycles. The average molecular weight is 296 g/mol. The van der Waals surface area contributed by atoms with E-state index >= 15 is 0 Å². The third-order valence-corrected chi connectivity index (χ3v) is 3.89. The van der Waals surface area contributed by atoms with Gasteiger partial charge in [0.05, 0.1) is 5.92 Å². The molecule has 0 amide bonds. The van der Waals surface area contributed by atoms with E-state index < -0.39 is 0 Å². The fourth-order valence-corrected chi connectivity index (χ4v) is 2.51. The number of ether oxygens (including phenoxy) is 1. The molecule has 1 atom stereocenters. The molecule has 1 unspecified atom stereocenters. The number of esters is 1. The summed E-state index contributed by atoms with van der Waals surface area (Å²) in [5.41, 5.74) is 2.19. The number of carbonyl (C=O) groups is 1. The highest BCUT2D eigenvalue weighted by molar-refractivity contribution is 5.76. The summed E-state index contributed by atoms with van der Waals surface area (Å²) in [4.78, 5) is 12.3. The van der Waals surface area contributed by atoms with Crippen molar-refractivity contribution < 1.29 is 9.53 Å². The lowest BCUT2D eigenvalue weighted by molar-refractivity contribution is -0.139. The second-order valence-electron chi connectivity index (χ2n) is 5.56. The number of benzene rings is 2. The Hall–Kier alpha value is -2.09. The molecule has 116 valence electrons. The Balaban J connectivity index is 2.08. The monoisotopic (exact) mass is 296 g/mol. The van der Waals surface area contributed by atoms with Gasteiger partial charge in [0.2, 0.25) is 0 Å². The molecule has 2 heteroatoms. The van der Waals surface area contributed by atoms with Crippen molar-refractivity contribution >= 4 is 5.97 Å². The number of hydrogen-bond donors (Lipinski definition) is 0. The van der Waals surface area contributed by atoms with E-state index in [2.05, 4.69) is 19.1 Å². The van der Waals surface area contributed by atoms with Crippen LogP contribution in [-0.2, 0) is 4.79 Å². The summed E-state index contributed by atoms with van der Waals surface area (Å²) in [6.45, 7) is 4.18. The quantitative estimate of drug-likeness (QED) is 0.500. The van der Waals surface area contributed by atoms with Gasteiger partial charge in [0, 0.05) is 0 Å². The largest absolute Gasteiger partial charge is 0.426 e. The van der Waals surface area contributed by atoms with Crippen molar-refractivity contribution in [3.8, 4) is 16.9 Å². The molecular weight excluding hydrogens is 272 g/mol. The second kappa shape index (κ2) is 8.38. The summed E-state index contributed by atoms with van der Waals surface area (Å²) in [6, 6.07) is 17.8. The minimum absolute atomic E-state index is 0.000307. The van der Waals surface area contributed by atoms with Crippen molar-refractivity contribution in [2.24, 2.45) is 5.92 Å². The molecule has 2 rings (SSSR count). The Morgan fingerprint density at radius 2 is 1.73 bits per heavy atom. The van der Waals surface area contributed by atoms with E-state index in [0.717, 1.165) is 36.8 Å². The van der Waals surface area contributed by atoms with Gasteiger partial charge in [0.15, 0.2) is 0 Å². The summed E-state index contributed by atoms with van der Waals surface area (Å²) in [6.07, 6.45) is 3.91. The van der Waals surface area contributed by atoms with Crippen LogP contribution in [-0.4, -0.2) is 5.97 Å². The van der Waals surface area contributed by atoms with E-state index in [4.69, 9.17) is 4.74 Å². The van der Waals surface area contributed by atoms with Crippen molar-refractivity contribution in [3.63, 3.8) is 0 Å². The molecule has 0 aliphatic carbocycles. The van der Waals surface area contributed by atoms with Gasteiger partial charge >= 0.3 is 5.97 Å². The van der Waals surface area contributed by atoms with Gasteiger partial charge in [-0.15, -0.1) is 0 Å². The molecule has 0 radical (unpaired) electrons. The summed E-state index contributed by atoms with van der Waals surface area (Å²) in [5.74, 6) is 0.516. The number of unbranched alkanes of at least 4 members (excludes halogenated alkanes) is 1. The molecule has 2 aromatic carbocycles. The zero-order chi connectivity index (χ0) is 15.8. The topological polar surface area (TPSA) is 26.3 Å². The number of carbonyl (C=O) groups excluding carboxylic acids is 1. The second-order valence-corrected chi connectivity index (χ2v) is 5.56. The van der Waals surface area contributed by atoms with Crippen LogP contribution in [0.3, 0.4) is 0 Å². The minimum Gasteiger partial charge on any atom is -0.426 e. The highest BCUT2D eigenvalue weighted by Crippen LogP contribution is 2.25. The maximum atomic E-state index is 12.3. The van der Waals surface area contributed by atoms with Gasteiger partial charge in [-0.3, -0.25) is 4.79 Å². The molecule has 0 saturated heterocycles. The molecule has 0 saturated carbocycles. The zero-order valence-electron chi connectivity index (χ0n) is 13.4. The first-order valence-corrected chi connectivity index (χ1v) is 8.11. The summed E-state index contributed by atoms with van der Waals surface area (Å²) < 4.78 is 5.59. The van der Waals surface area contributed by atoms with Gasteiger partial charge < -0.3 is 4.74 Å². The summed E-state index contributed by atoms with van der Waals surface area (Å²) in [5, 5.41) is 0. The van der Waals surface area contributed by atoms with Crippen LogP contribution in [0.5, 0.6) is 5.75 Å². The van der Waals surface area contributed by atoms with Crippen LogP contribution in [0.25, 0.3) is 11.1 Å². The van der Waals surface area contributed by atoms with Gasteiger partial charge in [-0.1, -0.05) is 69.2 Å². The van der Waals surface area contributed by atoms with E-state index in [0.29, 0.717) is 5.75 Å². The van der Waals surface area contributed by atoms with Crippen molar-refractivity contribution in [2.75, 3.05) is 0 Å². The maximum Gasteiger partial charge on any atom is 0.314 e. The fourth-order valence-electron chi connectivity index (χ4n) is 2.51. The first kappa shape index (κ1) is 16.3. The molecule has 0 aromatic heterocycles. The van der Waals surface area contributed by atoms with E-state index in [1.807, 2.05) is 49.4 Å². The van der Waals surface area contributed by atoms with Crippen molar-refractivity contribution in [3.05, 3.63) is 54.6 Å². The molecular formula is C20H24O2. The van der Waals surface area contributed by atoms with Crippen LogP contribution in [0, 0.1) is 5.92 Å². The van der Waals surface area contributed by atoms with E-state index in [1.54, 1.807) is 0 Å². The van der Waals surface area contributed by atoms with Gasteiger partial charge in [-0.05, 0) is 36.1 Å². The predicted octanol–water partition coefficient (Wildman–Crippen LogP) is 5.48. The fraction of sp³-hybridized carbons (Fsp3) is 0.350. The molecule has 0 N–H and O–H groups in total. The van der Waals surface area contributed by atoms with E-state index in [1.165, 1.54) is 0 Å². The van der Waals surface area contributed by atoms with Crippen LogP contribution in [0.2, 0.25) is 0 Å². The van der Waals surface area contributed by atoms with Gasteiger partial charge in [-0.2, -0.15) is 0 Å². The highest BCUT2D eigenvalue weighted by Gasteiger charge is 2.18. The van der Waals surface area contributed by atoms with Crippen molar-refractivity contribution in [1.82, 2.24) is 0 Å². The lowest BCUT2D eigenvalue weighted by Gasteiger charge is -2.14. The maximum absolute atomic E-state index is 12.3. The number of rotatable bonds is 7.